The lowest BCUT2D eigenvalue weighted by Gasteiger charge is -2.16. The monoisotopic (exact) mass is 401 g/mol. The van der Waals surface area contributed by atoms with Crippen LogP contribution in [0, 0.1) is 5.82 Å². The van der Waals surface area contributed by atoms with Crippen LogP contribution in [0.2, 0.25) is 0 Å². The van der Waals surface area contributed by atoms with E-state index in [1.165, 1.54) is 28.8 Å². The number of imide groups is 1. The Kier molecular flexibility index (Phi) is 6.30. The van der Waals surface area contributed by atoms with Crippen molar-refractivity contribution >= 4 is 40.1 Å². The molecule has 1 N–H and O–H groups in total. The molecule has 3 rings (SSSR count). The molecule has 1 saturated heterocycles. The van der Waals surface area contributed by atoms with E-state index >= 15 is 0 Å². The number of carbonyl (C=O) groups excluding carboxylic acids is 2. The third kappa shape index (κ3) is 4.51. The second-order valence-electron chi connectivity index (χ2n) is 5.97. The van der Waals surface area contributed by atoms with Crippen LogP contribution in [0.5, 0.6) is 5.75 Å². The number of amides is 2. The van der Waals surface area contributed by atoms with E-state index in [9.17, 15) is 14.0 Å². The predicted molar refractivity (Wildman–Crippen MR) is 109 cm³/mol. The van der Waals surface area contributed by atoms with Crippen molar-refractivity contribution in [2.24, 2.45) is 4.99 Å². The molecule has 0 spiro atoms. The first-order valence-corrected chi connectivity index (χ1v) is 9.65. The molecule has 2 amide bonds. The minimum atomic E-state index is -0.578. The van der Waals surface area contributed by atoms with Crippen molar-refractivity contribution in [3.8, 4) is 5.75 Å². The number of rotatable bonds is 5. The molecule has 0 aromatic heterocycles. The number of aliphatic imine (C=N–C) groups is 1. The first-order chi connectivity index (χ1) is 13.5. The van der Waals surface area contributed by atoms with E-state index < -0.39 is 5.25 Å². The van der Waals surface area contributed by atoms with Gasteiger partial charge in [-0.05, 0) is 55.5 Å². The largest absolute Gasteiger partial charge is 0.494 e. The van der Waals surface area contributed by atoms with E-state index in [0.29, 0.717) is 28.9 Å². The number of anilines is 2. The maximum atomic E-state index is 13.0. The molecule has 1 aliphatic rings. The SMILES string of the molecule is CCOc1ccc(N2C(=O)C[C@@H](SC(=NC)Nc3ccc(F)cc3)C2=O)cc1. The summed E-state index contributed by atoms with van der Waals surface area (Å²) >= 11 is 1.18. The van der Waals surface area contributed by atoms with Crippen LogP contribution >= 0.6 is 11.8 Å². The Morgan fingerprint density at radius 1 is 1.21 bits per heavy atom. The summed E-state index contributed by atoms with van der Waals surface area (Å²) in [6.45, 7) is 2.43. The van der Waals surface area contributed by atoms with Crippen molar-refractivity contribution in [3.63, 3.8) is 0 Å². The van der Waals surface area contributed by atoms with E-state index in [2.05, 4.69) is 10.3 Å². The Bertz CT molecular complexity index is 885. The summed E-state index contributed by atoms with van der Waals surface area (Å²) in [5.41, 5.74) is 1.16. The molecule has 1 fully saturated rings. The summed E-state index contributed by atoms with van der Waals surface area (Å²) in [6.07, 6.45) is 0.0842. The number of benzene rings is 2. The minimum Gasteiger partial charge on any atom is -0.494 e. The van der Waals surface area contributed by atoms with Crippen molar-refractivity contribution in [2.75, 3.05) is 23.9 Å². The number of nitrogens with zero attached hydrogens (tertiary/aromatic N) is 2. The van der Waals surface area contributed by atoms with Gasteiger partial charge in [0.2, 0.25) is 11.8 Å². The van der Waals surface area contributed by atoms with Gasteiger partial charge in [-0.15, -0.1) is 0 Å². The zero-order valence-electron chi connectivity index (χ0n) is 15.5. The first-order valence-electron chi connectivity index (χ1n) is 8.77. The molecule has 0 radical (unpaired) electrons. The molecule has 0 unspecified atom stereocenters. The van der Waals surface area contributed by atoms with E-state index in [1.807, 2.05) is 6.92 Å². The molecule has 28 heavy (non-hydrogen) atoms. The minimum absolute atomic E-state index is 0.0842. The fourth-order valence-corrected chi connectivity index (χ4v) is 3.74. The summed E-state index contributed by atoms with van der Waals surface area (Å²) < 4.78 is 18.4. The smallest absolute Gasteiger partial charge is 0.247 e. The van der Waals surface area contributed by atoms with Crippen LogP contribution in [0.25, 0.3) is 0 Å². The highest BCUT2D eigenvalue weighted by Gasteiger charge is 2.40. The van der Waals surface area contributed by atoms with Crippen LogP contribution < -0.4 is 15.0 Å². The van der Waals surface area contributed by atoms with Gasteiger partial charge in [0.25, 0.3) is 0 Å². The molecule has 146 valence electrons. The lowest BCUT2D eigenvalue weighted by atomic mass is 10.3. The maximum Gasteiger partial charge on any atom is 0.247 e. The Labute approximate surface area is 166 Å². The number of hydrogen-bond donors (Lipinski definition) is 1. The highest BCUT2D eigenvalue weighted by atomic mass is 32.2. The number of carbonyl (C=O) groups is 2. The lowest BCUT2D eigenvalue weighted by molar-refractivity contribution is -0.121. The van der Waals surface area contributed by atoms with Gasteiger partial charge in [0, 0.05) is 19.2 Å². The average molecular weight is 401 g/mol. The molecular weight excluding hydrogens is 381 g/mol. The van der Waals surface area contributed by atoms with Crippen LogP contribution in [0.4, 0.5) is 15.8 Å². The van der Waals surface area contributed by atoms with Gasteiger partial charge in [-0.2, -0.15) is 0 Å². The summed E-state index contributed by atoms with van der Waals surface area (Å²) in [7, 11) is 1.59. The number of hydrogen-bond acceptors (Lipinski definition) is 5. The van der Waals surface area contributed by atoms with Crippen LogP contribution in [-0.2, 0) is 9.59 Å². The van der Waals surface area contributed by atoms with Crippen molar-refractivity contribution < 1.29 is 18.7 Å². The fraction of sp³-hybridized carbons (Fsp3) is 0.250. The van der Waals surface area contributed by atoms with E-state index in [0.717, 1.165) is 0 Å². The summed E-state index contributed by atoms with van der Waals surface area (Å²) in [5, 5.41) is 2.94. The van der Waals surface area contributed by atoms with Gasteiger partial charge in [-0.1, -0.05) is 11.8 Å². The average Bonchev–Trinajstić information content (AvgIpc) is 2.97. The Hall–Kier alpha value is -2.87. The Morgan fingerprint density at radius 2 is 1.89 bits per heavy atom. The number of ether oxygens (including phenoxy) is 1. The Balaban J connectivity index is 1.69. The fourth-order valence-electron chi connectivity index (χ4n) is 2.76. The number of amidine groups is 1. The van der Waals surface area contributed by atoms with Gasteiger partial charge >= 0.3 is 0 Å². The molecule has 2 aromatic carbocycles. The summed E-state index contributed by atoms with van der Waals surface area (Å²) in [4.78, 5) is 30.6. The van der Waals surface area contributed by atoms with Crippen molar-refractivity contribution in [1.29, 1.82) is 0 Å². The zero-order chi connectivity index (χ0) is 20.1. The molecule has 2 aromatic rings. The highest BCUT2D eigenvalue weighted by molar-refractivity contribution is 8.15. The van der Waals surface area contributed by atoms with Crippen LogP contribution in [0.1, 0.15) is 13.3 Å². The van der Waals surface area contributed by atoms with Gasteiger partial charge in [0.1, 0.15) is 16.8 Å². The van der Waals surface area contributed by atoms with Gasteiger partial charge in [0.05, 0.1) is 12.3 Å². The number of halogens is 1. The highest BCUT2D eigenvalue weighted by Crippen LogP contribution is 2.31. The topological polar surface area (TPSA) is 71.0 Å². The molecule has 1 atom stereocenters. The molecule has 0 aliphatic carbocycles. The second kappa shape index (κ2) is 8.88. The van der Waals surface area contributed by atoms with Crippen molar-refractivity contribution in [3.05, 3.63) is 54.3 Å². The van der Waals surface area contributed by atoms with Crippen molar-refractivity contribution in [1.82, 2.24) is 0 Å². The normalized spacial score (nSPS) is 17.2. The van der Waals surface area contributed by atoms with E-state index in [1.54, 1.807) is 43.4 Å². The molecule has 1 heterocycles. The first kappa shape index (κ1) is 19.9. The molecule has 8 heteroatoms. The zero-order valence-corrected chi connectivity index (χ0v) is 16.3. The Morgan fingerprint density at radius 3 is 2.50 bits per heavy atom. The molecular formula is C20H20FN3O3S. The van der Waals surface area contributed by atoms with Gasteiger partial charge in [-0.3, -0.25) is 14.6 Å². The standard InChI is InChI=1S/C20H20FN3O3S/c1-3-27-16-10-8-15(9-11-16)24-18(25)12-17(19(24)26)28-20(22-2)23-14-6-4-13(21)5-7-14/h4-11,17H,3,12H2,1-2H3,(H,22,23)/t17-/m1/s1. The molecule has 0 bridgehead atoms. The van der Waals surface area contributed by atoms with Crippen molar-refractivity contribution in [2.45, 2.75) is 18.6 Å². The second-order valence-corrected chi connectivity index (χ2v) is 7.16. The van der Waals surface area contributed by atoms with Crippen LogP contribution in [0.15, 0.2) is 53.5 Å². The summed E-state index contributed by atoms with van der Waals surface area (Å²) in [6, 6.07) is 12.7. The molecule has 6 nitrogen and oxygen atoms in total. The third-order valence-electron chi connectivity index (χ3n) is 4.06. The quantitative estimate of drug-likeness (QED) is 0.470. The van der Waals surface area contributed by atoms with Gasteiger partial charge in [-0.25, -0.2) is 9.29 Å². The van der Waals surface area contributed by atoms with Crippen LogP contribution in [0.3, 0.4) is 0 Å². The lowest BCUT2D eigenvalue weighted by Crippen LogP contribution is -2.31. The summed E-state index contributed by atoms with van der Waals surface area (Å²) in [5.74, 6) is -0.207. The number of thioether (sulfide) groups is 1. The van der Waals surface area contributed by atoms with Gasteiger partial charge < -0.3 is 10.1 Å². The van der Waals surface area contributed by atoms with Crippen LogP contribution in [-0.4, -0.2) is 35.9 Å². The predicted octanol–water partition coefficient (Wildman–Crippen LogP) is 3.69. The van der Waals surface area contributed by atoms with Gasteiger partial charge in [0.15, 0.2) is 5.17 Å². The molecule has 1 aliphatic heterocycles. The van der Waals surface area contributed by atoms with E-state index in [-0.39, 0.29) is 24.1 Å². The molecule has 0 saturated carbocycles. The van der Waals surface area contributed by atoms with E-state index in [4.69, 9.17) is 4.74 Å². The number of nitrogens with one attached hydrogen (secondary N) is 1. The maximum absolute atomic E-state index is 13.0. The third-order valence-corrected chi connectivity index (χ3v) is 5.22.